The smallest absolute Gasteiger partial charge is 0.337 e. The van der Waals surface area contributed by atoms with Crippen LogP contribution in [0.5, 0.6) is 0 Å². The van der Waals surface area contributed by atoms with Crippen molar-refractivity contribution in [2.75, 3.05) is 25.5 Å². The van der Waals surface area contributed by atoms with E-state index in [2.05, 4.69) is 50.8 Å². The van der Waals surface area contributed by atoms with E-state index in [1.165, 1.54) is 59.6 Å². The van der Waals surface area contributed by atoms with E-state index < -0.39 is 23.8 Å². The number of imide groups is 1. The van der Waals surface area contributed by atoms with Crippen LogP contribution < -0.4 is 11.0 Å². The van der Waals surface area contributed by atoms with Crippen molar-refractivity contribution in [3.8, 4) is 5.69 Å². The van der Waals surface area contributed by atoms with Gasteiger partial charge in [-0.1, -0.05) is 81.0 Å². The molecule has 9 rings (SSSR count). The normalized spacial score (nSPS) is 16.7. The molecule has 2 aromatic heterocycles. The Balaban J connectivity index is 0.00000101. The first-order valence-electron chi connectivity index (χ1n) is 25.2. The number of fused-ring (bicyclic) bond motifs is 2. The number of amides is 2. The number of nitrogens with one attached hydrogen (secondary N) is 1. The van der Waals surface area contributed by atoms with E-state index in [9.17, 15) is 24.0 Å². The second-order valence-corrected chi connectivity index (χ2v) is 20.1. The van der Waals surface area contributed by atoms with Crippen molar-refractivity contribution in [1.29, 1.82) is 0 Å². The quantitative estimate of drug-likeness (QED) is 0.0465. The molecule has 1 N–H and O–H groups in total. The highest BCUT2D eigenvalue weighted by molar-refractivity contribution is 6.25. The van der Waals surface area contributed by atoms with Gasteiger partial charge in [0.2, 0.25) is 0 Å². The molecule has 3 aromatic carbocycles. The zero-order valence-electron chi connectivity index (χ0n) is 41.4. The zero-order valence-corrected chi connectivity index (χ0v) is 41.4. The maximum Gasteiger partial charge on any atom is 0.337 e. The fourth-order valence-electron chi connectivity index (χ4n) is 10.2. The summed E-state index contributed by atoms with van der Waals surface area (Å²) >= 11 is 0. The number of carbonyl (C=O) groups is 4. The molecular formula is C56H70F2N8O5+. The molecule has 5 aromatic rings. The minimum atomic E-state index is -3.11. The Morgan fingerprint density at radius 2 is 1.59 bits per heavy atom. The number of hydrogen-bond acceptors (Lipinski definition) is 9. The molecule has 15 heteroatoms. The summed E-state index contributed by atoms with van der Waals surface area (Å²) in [4.78, 5) is 67.9. The number of ketones is 2. The summed E-state index contributed by atoms with van der Waals surface area (Å²) in [6, 6.07) is 22.0. The van der Waals surface area contributed by atoms with Gasteiger partial charge in [0.05, 0.1) is 40.5 Å². The lowest BCUT2D eigenvalue weighted by Crippen LogP contribution is -2.44. The fourth-order valence-corrected chi connectivity index (χ4v) is 10.2. The molecule has 3 aliphatic heterocycles. The minimum absolute atomic E-state index is 0. The number of likely N-dealkylation sites (tertiary alicyclic amines) is 1. The van der Waals surface area contributed by atoms with E-state index in [1.54, 1.807) is 54.2 Å². The summed E-state index contributed by atoms with van der Waals surface area (Å²) in [5.74, 6) is -3.26. The maximum absolute atomic E-state index is 15.1. The Morgan fingerprint density at radius 1 is 0.845 bits per heavy atom. The van der Waals surface area contributed by atoms with Gasteiger partial charge in [0.25, 0.3) is 24.4 Å². The highest BCUT2D eigenvalue weighted by Crippen LogP contribution is 2.35. The van der Waals surface area contributed by atoms with Crippen LogP contribution in [0.2, 0.25) is 0 Å². The lowest BCUT2D eigenvalue weighted by molar-refractivity contribution is -0.444. The first kappa shape index (κ1) is 50.9. The average molecular weight is 973 g/mol. The minimum Gasteiger partial charge on any atom is -0.380 e. The first-order valence-corrected chi connectivity index (χ1v) is 25.2. The Labute approximate surface area is 417 Å². The summed E-state index contributed by atoms with van der Waals surface area (Å²) in [7, 11) is 1.88. The third-order valence-electron chi connectivity index (χ3n) is 14.5. The molecule has 1 saturated carbocycles. The average Bonchev–Trinajstić information content (AvgIpc) is 4.02. The van der Waals surface area contributed by atoms with E-state index in [0.717, 1.165) is 81.0 Å². The number of nitrogens with zero attached hydrogens (tertiary/aromatic N) is 7. The molecule has 0 bridgehead atoms. The lowest BCUT2D eigenvalue weighted by atomic mass is 9.81. The molecule has 1 radical (unpaired) electrons. The Kier molecular flexibility index (Phi) is 16.3. The van der Waals surface area contributed by atoms with Gasteiger partial charge < -0.3 is 10.1 Å². The third kappa shape index (κ3) is 12.5. The number of halogens is 2. The number of unbranched alkanes of at least 4 members (excludes halogenated alkanes) is 2. The Bertz CT molecular complexity index is 2880. The van der Waals surface area contributed by atoms with E-state index in [-0.39, 0.29) is 55.2 Å². The van der Waals surface area contributed by atoms with Gasteiger partial charge >= 0.3 is 12.0 Å². The van der Waals surface area contributed by atoms with Gasteiger partial charge in [-0.15, -0.1) is 0 Å². The highest BCUT2D eigenvalue weighted by atomic mass is 19.3. The molecule has 2 amide bonds. The van der Waals surface area contributed by atoms with Crippen LogP contribution in [-0.2, 0) is 41.4 Å². The molecule has 5 heterocycles. The van der Waals surface area contributed by atoms with Crippen molar-refractivity contribution in [2.24, 2.45) is 22.1 Å². The number of hydrogen-bond donors (Lipinski definition) is 1. The van der Waals surface area contributed by atoms with Crippen molar-refractivity contribution in [2.45, 2.75) is 129 Å². The molecule has 13 nitrogen and oxygen atoms in total. The van der Waals surface area contributed by atoms with E-state index in [1.807, 2.05) is 25.2 Å². The summed E-state index contributed by atoms with van der Waals surface area (Å²) in [5, 5.41) is 10.4. The summed E-state index contributed by atoms with van der Waals surface area (Å²) in [6.45, 7) is 8.08. The topological polar surface area (TPSA) is 141 Å². The van der Waals surface area contributed by atoms with Gasteiger partial charge in [-0.2, -0.15) is 0 Å². The Morgan fingerprint density at radius 3 is 2.24 bits per heavy atom. The molecule has 377 valence electrons. The Hall–Kier alpha value is -6.48. The van der Waals surface area contributed by atoms with Crippen LogP contribution in [0.25, 0.3) is 11.2 Å². The number of rotatable bonds is 20. The summed E-state index contributed by atoms with van der Waals surface area (Å²) in [5.41, 5.74) is 5.71. The van der Waals surface area contributed by atoms with Crippen LogP contribution in [0, 0.1) is 18.5 Å². The molecule has 71 heavy (non-hydrogen) atoms. The second kappa shape index (κ2) is 22.7. The molecule has 1 saturated heterocycles. The van der Waals surface area contributed by atoms with E-state index >= 15 is 8.78 Å². The van der Waals surface area contributed by atoms with Crippen molar-refractivity contribution in [3.63, 3.8) is 0 Å². The molecule has 0 spiro atoms. The number of benzene rings is 3. The molecular weight excluding hydrogens is 903 g/mol. The SMILES string of the molecule is CC(=O)CCC(C(C)=O)N1C(=O)c2cccc(NCc3ccc(CCCCCC4CCN(Cc5cc(C(C)(F)F)c6cn(-c7cccc(CC8CCC8)c7)c(=O)n6c5)CC4)cc3)c2C1=O.C[N+]1=CN=N[CH]1.[HH].[HH]. The molecule has 1 aliphatic carbocycles. The number of Topliss-reactive ketones (excluding diaryl/α,β-unsaturated/α-hetero) is 2. The van der Waals surface area contributed by atoms with Crippen molar-refractivity contribution in [3.05, 3.63) is 141 Å². The van der Waals surface area contributed by atoms with Crippen LogP contribution >= 0.6 is 0 Å². The molecule has 2 fully saturated rings. The monoisotopic (exact) mass is 973 g/mol. The predicted octanol–water partition coefficient (Wildman–Crippen LogP) is 10.8. The molecule has 1 unspecified atom stereocenters. The lowest BCUT2D eigenvalue weighted by Gasteiger charge is -2.32. The van der Waals surface area contributed by atoms with Crippen LogP contribution in [0.15, 0.2) is 100 Å². The van der Waals surface area contributed by atoms with Crippen molar-refractivity contribution >= 4 is 40.9 Å². The number of imidazole rings is 1. The largest absolute Gasteiger partial charge is 0.380 e. The van der Waals surface area contributed by atoms with Gasteiger partial charge in [-0.3, -0.25) is 33.2 Å². The zero-order chi connectivity index (χ0) is 50.2. The fraction of sp³-hybridized carbons (Fsp3) is 0.446. The first-order chi connectivity index (χ1) is 34.1. The predicted molar refractivity (Wildman–Crippen MR) is 275 cm³/mol. The third-order valence-corrected chi connectivity index (χ3v) is 14.5. The van der Waals surface area contributed by atoms with Crippen LogP contribution in [0.4, 0.5) is 14.5 Å². The number of pyridine rings is 1. The number of azo groups is 1. The second-order valence-electron chi connectivity index (χ2n) is 20.1. The summed E-state index contributed by atoms with van der Waals surface area (Å²) in [6.07, 6.45) is 17.5. The standard InChI is InChI=1S/C53H61F2N5O5.C3H5N3.2H2/c1-35(61)18-23-47(36(2)62)60-50(63)44-16-9-17-46(49(44)51(60)64)56-31-40-21-19-37(20-22-40)10-5-4-6-11-38-24-26-57(27-25-38)32-42-30-45(53(3,54)55)48-34-58(52(65)59(48)33-42)43-15-8-14-41(29-43)28-39-12-7-13-39;1-6-2-4-5-3-6;;/h8-9,14-17,19-22,29-30,33-34,38-39,47,56H,4-7,10-13,18,23-28,31-32H2,1-3H3;2-3H,1H3;2*1H/q;+1;;. The molecule has 4 aliphatic rings. The van der Waals surface area contributed by atoms with E-state index in [4.69, 9.17) is 0 Å². The van der Waals surface area contributed by atoms with Gasteiger partial charge in [0, 0.05) is 52.9 Å². The number of aromatic nitrogens is 2. The summed E-state index contributed by atoms with van der Waals surface area (Å²) < 4.78 is 34.9. The number of carbonyl (C=O) groups excluding carboxylic acids is 4. The van der Waals surface area contributed by atoms with Crippen molar-refractivity contribution in [1.82, 2.24) is 18.8 Å². The van der Waals surface area contributed by atoms with Gasteiger partial charge in [0.1, 0.15) is 5.78 Å². The van der Waals surface area contributed by atoms with Crippen molar-refractivity contribution < 1.29 is 35.4 Å². The number of alkyl halides is 2. The highest BCUT2D eigenvalue weighted by Gasteiger charge is 2.43. The van der Waals surface area contributed by atoms with Crippen LogP contribution in [0.1, 0.15) is 143 Å². The van der Waals surface area contributed by atoms with Gasteiger partial charge in [0.15, 0.2) is 5.78 Å². The molecule has 1 atom stereocenters. The number of anilines is 1. The maximum atomic E-state index is 15.1. The number of piperidine rings is 1. The van der Waals surface area contributed by atoms with Gasteiger partial charge in [-0.05, 0) is 135 Å². The van der Waals surface area contributed by atoms with E-state index in [0.29, 0.717) is 36.3 Å². The van der Waals surface area contributed by atoms with Crippen LogP contribution in [-0.4, -0.2) is 79.2 Å². The van der Waals surface area contributed by atoms with Crippen LogP contribution in [0.3, 0.4) is 0 Å². The van der Waals surface area contributed by atoms with Gasteiger partial charge in [-0.25, -0.2) is 18.2 Å². The number of aryl methyl sites for hydroxylation is 1.